The molecule has 2 fully saturated rings. The number of nitrogens with zero attached hydrogens (tertiary/aromatic N) is 1. The molecule has 1 saturated carbocycles. The first kappa shape index (κ1) is 29.4. The van der Waals surface area contributed by atoms with Crippen LogP contribution in [0.1, 0.15) is 57.3 Å². The molecule has 5 heteroatoms. The van der Waals surface area contributed by atoms with Gasteiger partial charge in [-0.25, -0.2) is 0 Å². The van der Waals surface area contributed by atoms with E-state index in [1.54, 1.807) is 7.11 Å². The maximum absolute atomic E-state index is 7.10. The molecule has 0 amide bonds. The molecule has 1 saturated heterocycles. The summed E-state index contributed by atoms with van der Waals surface area (Å²) in [7, 11) is 3.60. The minimum atomic E-state index is -0.0892. The standard InChI is InChI=1S/C35H45NO3Se/c1-25-20-21-29-31(22-25)39-33(23-26-14-8-6-9-15-26)36(35(29,2)3)24-32(40-27-16-10-7-11-17-27)34(38-5)28-18-12-13-19-30(28)37-4/h6-19,25,29,31-34H,20-24H2,1-5H3/t25-,29-,31-,32-,33+,34+/m1/s1. The summed E-state index contributed by atoms with van der Waals surface area (Å²) in [5.74, 6) is 2.13. The van der Waals surface area contributed by atoms with E-state index in [1.165, 1.54) is 22.9 Å². The van der Waals surface area contributed by atoms with Crippen LogP contribution in [0.5, 0.6) is 5.75 Å². The molecule has 5 rings (SSSR count). The van der Waals surface area contributed by atoms with Crippen LogP contribution >= 0.6 is 0 Å². The van der Waals surface area contributed by atoms with Crippen LogP contribution in [0.15, 0.2) is 84.9 Å². The van der Waals surface area contributed by atoms with Crippen molar-refractivity contribution in [2.75, 3.05) is 20.8 Å². The number of rotatable bonds is 10. The van der Waals surface area contributed by atoms with Gasteiger partial charge < -0.3 is 0 Å². The summed E-state index contributed by atoms with van der Waals surface area (Å²) in [4.78, 5) is 2.96. The zero-order valence-electron chi connectivity index (χ0n) is 24.7. The molecule has 0 bridgehead atoms. The van der Waals surface area contributed by atoms with Crippen LogP contribution < -0.4 is 9.20 Å². The van der Waals surface area contributed by atoms with Crippen molar-refractivity contribution in [1.82, 2.24) is 4.90 Å². The van der Waals surface area contributed by atoms with E-state index in [0.717, 1.165) is 36.6 Å². The number of hydrogen-bond acceptors (Lipinski definition) is 4. The summed E-state index contributed by atoms with van der Waals surface area (Å²) in [5.41, 5.74) is 2.45. The van der Waals surface area contributed by atoms with Gasteiger partial charge in [-0.2, -0.15) is 0 Å². The van der Waals surface area contributed by atoms with Crippen LogP contribution in [0.2, 0.25) is 4.82 Å². The van der Waals surface area contributed by atoms with Crippen molar-refractivity contribution in [3.05, 3.63) is 96.1 Å². The molecule has 0 spiro atoms. The van der Waals surface area contributed by atoms with Gasteiger partial charge in [0, 0.05) is 0 Å². The first-order valence-electron chi connectivity index (χ1n) is 14.7. The van der Waals surface area contributed by atoms with Crippen LogP contribution in [-0.4, -0.2) is 58.5 Å². The molecule has 6 atom stereocenters. The number of methoxy groups -OCH3 is 2. The zero-order chi connectivity index (χ0) is 28.1. The van der Waals surface area contributed by atoms with E-state index in [1.807, 2.05) is 19.2 Å². The van der Waals surface area contributed by atoms with E-state index in [0.29, 0.717) is 12.0 Å². The summed E-state index contributed by atoms with van der Waals surface area (Å²) in [6.45, 7) is 8.23. The van der Waals surface area contributed by atoms with Gasteiger partial charge >= 0.3 is 248 Å². The first-order chi connectivity index (χ1) is 19.4. The molecular weight excluding hydrogens is 561 g/mol. The molecule has 0 radical (unpaired) electrons. The molecule has 2 aliphatic rings. The Morgan fingerprint density at radius 3 is 2.30 bits per heavy atom. The number of hydrogen-bond donors (Lipinski definition) is 0. The molecule has 1 aliphatic carbocycles. The third-order valence-corrected chi connectivity index (χ3v) is 11.7. The second kappa shape index (κ2) is 13.2. The molecule has 1 heterocycles. The molecule has 0 unspecified atom stereocenters. The number of ether oxygens (including phenoxy) is 3. The van der Waals surface area contributed by atoms with Crippen molar-refractivity contribution in [3.63, 3.8) is 0 Å². The average molecular weight is 607 g/mol. The molecule has 1 aliphatic heterocycles. The Hall–Kier alpha value is -2.14. The third kappa shape index (κ3) is 6.50. The molecule has 214 valence electrons. The normalized spacial score (nSPS) is 26.0. The van der Waals surface area contributed by atoms with Crippen molar-refractivity contribution >= 4 is 19.4 Å². The van der Waals surface area contributed by atoms with E-state index in [2.05, 4.69) is 98.5 Å². The predicted molar refractivity (Wildman–Crippen MR) is 164 cm³/mol. The molecule has 0 N–H and O–H groups in total. The van der Waals surface area contributed by atoms with Gasteiger partial charge in [0.2, 0.25) is 0 Å². The Balaban J connectivity index is 1.53. The van der Waals surface area contributed by atoms with E-state index in [-0.39, 0.29) is 37.6 Å². The van der Waals surface area contributed by atoms with Gasteiger partial charge in [0.05, 0.1) is 0 Å². The quantitative estimate of drug-likeness (QED) is 0.241. The van der Waals surface area contributed by atoms with Crippen LogP contribution in [0, 0.1) is 11.8 Å². The van der Waals surface area contributed by atoms with Gasteiger partial charge in [-0.1, -0.05) is 0 Å². The number of benzene rings is 3. The molecule has 40 heavy (non-hydrogen) atoms. The minimum absolute atomic E-state index is 0.00653. The van der Waals surface area contributed by atoms with E-state index in [9.17, 15) is 0 Å². The summed E-state index contributed by atoms with van der Waals surface area (Å²) in [6, 6.07) is 30.1. The second-order valence-electron chi connectivity index (χ2n) is 12.0. The van der Waals surface area contributed by atoms with Crippen LogP contribution in [0.25, 0.3) is 0 Å². The molecule has 3 aromatic rings. The molecular formula is C35H45NO3Se. The Bertz CT molecular complexity index is 1200. The summed E-state index contributed by atoms with van der Waals surface area (Å²) in [5, 5.41) is 0. The average Bonchev–Trinajstić information content (AvgIpc) is 2.96. The Morgan fingerprint density at radius 1 is 0.925 bits per heavy atom. The molecule has 0 aromatic heterocycles. The summed E-state index contributed by atoms with van der Waals surface area (Å²) in [6.07, 6.45) is 4.80. The fraction of sp³-hybridized carbons (Fsp3) is 0.486. The fourth-order valence-corrected chi connectivity index (χ4v) is 9.60. The van der Waals surface area contributed by atoms with Gasteiger partial charge in [-0.15, -0.1) is 0 Å². The summed E-state index contributed by atoms with van der Waals surface area (Å²) >= 11 is 0.175. The van der Waals surface area contributed by atoms with E-state index < -0.39 is 0 Å². The van der Waals surface area contributed by atoms with Crippen LogP contribution in [-0.2, 0) is 15.9 Å². The Kier molecular flexibility index (Phi) is 9.71. The number of para-hydroxylation sites is 1. The van der Waals surface area contributed by atoms with E-state index >= 15 is 0 Å². The van der Waals surface area contributed by atoms with Crippen molar-refractivity contribution in [2.45, 2.75) is 75.2 Å². The topological polar surface area (TPSA) is 30.9 Å². The van der Waals surface area contributed by atoms with Crippen molar-refractivity contribution in [3.8, 4) is 5.75 Å². The molecule has 4 nitrogen and oxygen atoms in total. The first-order valence-corrected chi connectivity index (χ1v) is 16.6. The Morgan fingerprint density at radius 2 is 1.60 bits per heavy atom. The van der Waals surface area contributed by atoms with Crippen molar-refractivity contribution < 1.29 is 14.2 Å². The van der Waals surface area contributed by atoms with Crippen LogP contribution in [0.4, 0.5) is 0 Å². The van der Waals surface area contributed by atoms with Gasteiger partial charge in [-0.05, 0) is 0 Å². The Labute approximate surface area is 247 Å². The second-order valence-corrected chi connectivity index (χ2v) is 14.8. The van der Waals surface area contributed by atoms with Crippen molar-refractivity contribution in [2.24, 2.45) is 11.8 Å². The van der Waals surface area contributed by atoms with Gasteiger partial charge in [-0.3, -0.25) is 0 Å². The van der Waals surface area contributed by atoms with E-state index in [4.69, 9.17) is 14.2 Å². The maximum atomic E-state index is 7.10. The fourth-order valence-electron chi connectivity index (χ4n) is 6.92. The SMILES string of the molecule is COc1ccccc1[C@H](OC)[C@@H](CN1[C@H](Cc2ccccc2)O[C@@H]2C[C@H](C)CC[C@H]2C1(C)C)[Se]c1ccccc1. The summed E-state index contributed by atoms with van der Waals surface area (Å²) < 4.78 is 20.7. The van der Waals surface area contributed by atoms with Gasteiger partial charge in [0.15, 0.2) is 0 Å². The zero-order valence-corrected chi connectivity index (χ0v) is 26.4. The monoisotopic (exact) mass is 607 g/mol. The third-order valence-electron chi connectivity index (χ3n) is 9.08. The van der Waals surface area contributed by atoms with Gasteiger partial charge in [0.25, 0.3) is 0 Å². The van der Waals surface area contributed by atoms with Crippen LogP contribution in [0.3, 0.4) is 0 Å². The number of fused-ring (bicyclic) bond motifs is 1. The molecule has 3 aromatic carbocycles. The van der Waals surface area contributed by atoms with Crippen molar-refractivity contribution in [1.29, 1.82) is 0 Å². The van der Waals surface area contributed by atoms with Gasteiger partial charge in [0.1, 0.15) is 0 Å². The predicted octanol–water partition coefficient (Wildman–Crippen LogP) is 6.69.